The summed E-state index contributed by atoms with van der Waals surface area (Å²) in [6, 6.07) is 6.31. The van der Waals surface area contributed by atoms with E-state index in [4.69, 9.17) is 0 Å². The number of aromatic nitrogens is 3. The second kappa shape index (κ2) is 7.90. The molecule has 1 saturated heterocycles. The predicted molar refractivity (Wildman–Crippen MR) is 101 cm³/mol. The lowest BCUT2D eigenvalue weighted by Crippen LogP contribution is -2.40. The maximum absolute atomic E-state index is 13.9. The predicted octanol–water partition coefficient (Wildman–Crippen LogP) is 3.28. The first-order valence-electron chi connectivity index (χ1n) is 9.26. The van der Waals surface area contributed by atoms with Crippen molar-refractivity contribution in [3.05, 3.63) is 78.0 Å². The third-order valence-corrected chi connectivity index (χ3v) is 5.11. The molecule has 1 amide bonds. The van der Waals surface area contributed by atoms with E-state index in [1.807, 2.05) is 0 Å². The normalized spacial score (nSPS) is 14.8. The zero-order valence-corrected chi connectivity index (χ0v) is 15.5. The van der Waals surface area contributed by atoms with Gasteiger partial charge in [0.05, 0.1) is 11.1 Å². The van der Waals surface area contributed by atoms with Gasteiger partial charge < -0.3 is 4.90 Å². The van der Waals surface area contributed by atoms with Crippen molar-refractivity contribution in [2.24, 2.45) is 5.92 Å². The third kappa shape index (κ3) is 3.91. The standard InChI is InChI=1S/C21H18F2N4O2/c22-16-2-3-18(23)17(11-16)20(28)14-5-8-26(9-6-14)21(29)15-1-4-19(25-12-15)27-10-7-24-13-27/h1-4,7,10-14H,5-6,8-9H2. The van der Waals surface area contributed by atoms with E-state index in [0.717, 1.165) is 18.2 Å². The Morgan fingerprint density at radius 1 is 1.07 bits per heavy atom. The van der Waals surface area contributed by atoms with E-state index in [9.17, 15) is 18.4 Å². The lowest BCUT2D eigenvalue weighted by Gasteiger charge is -2.31. The number of ketones is 1. The summed E-state index contributed by atoms with van der Waals surface area (Å²) < 4.78 is 29.0. The molecule has 0 bridgehead atoms. The van der Waals surface area contributed by atoms with Gasteiger partial charge in [0.25, 0.3) is 5.91 Å². The molecule has 1 aromatic carbocycles. The summed E-state index contributed by atoms with van der Waals surface area (Å²) in [5.74, 6) is -1.73. The van der Waals surface area contributed by atoms with Gasteiger partial charge in [0.2, 0.25) is 0 Å². The molecular formula is C21H18F2N4O2. The molecule has 2 aromatic heterocycles. The second-order valence-corrected chi connectivity index (χ2v) is 6.93. The molecule has 1 aliphatic rings. The van der Waals surface area contributed by atoms with Crippen molar-refractivity contribution in [3.8, 4) is 5.82 Å². The van der Waals surface area contributed by atoms with Crippen LogP contribution in [0.15, 0.2) is 55.2 Å². The fraction of sp³-hybridized carbons (Fsp3) is 0.238. The second-order valence-electron chi connectivity index (χ2n) is 6.93. The van der Waals surface area contributed by atoms with Gasteiger partial charge in [-0.15, -0.1) is 0 Å². The smallest absolute Gasteiger partial charge is 0.255 e. The first-order chi connectivity index (χ1) is 14.0. The molecule has 29 heavy (non-hydrogen) atoms. The van der Waals surface area contributed by atoms with Crippen LogP contribution in [0.5, 0.6) is 0 Å². The number of Topliss-reactive ketones (excluding diaryl/α,β-unsaturated/α-hetero) is 1. The Balaban J connectivity index is 1.39. The van der Waals surface area contributed by atoms with Crippen LogP contribution in [0.4, 0.5) is 8.78 Å². The summed E-state index contributed by atoms with van der Waals surface area (Å²) >= 11 is 0. The molecule has 148 valence electrons. The van der Waals surface area contributed by atoms with Crippen molar-refractivity contribution in [1.29, 1.82) is 0 Å². The van der Waals surface area contributed by atoms with E-state index in [1.165, 1.54) is 6.20 Å². The Bertz CT molecular complexity index is 1030. The van der Waals surface area contributed by atoms with Crippen LogP contribution in [0.2, 0.25) is 0 Å². The fourth-order valence-electron chi connectivity index (χ4n) is 3.49. The van der Waals surface area contributed by atoms with E-state index in [1.54, 1.807) is 40.3 Å². The van der Waals surface area contributed by atoms with Crippen molar-refractivity contribution in [1.82, 2.24) is 19.4 Å². The van der Waals surface area contributed by atoms with Gasteiger partial charge in [-0.3, -0.25) is 14.2 Å². The summed E-state index contributed by atoms with van der Waals surface area (Å²) in [5, 5.41) is 0. The highest BCUT2D eigenvalue weighted by atomic mass is 19.1. The highest BCUT2D eigenvalue weighted by Crippen LogP contribution is 2.24. The molecule has 0 N–H and O–H groups in total. The molecular weight excluding hydrogens is 378 g/mol. The number of likely N-dealkylation sites (tertiary alicyclic amines) is 1. The number of pyridine rings is 1. The third-order valence-electron chi connectivity index (χ3n) is 5.11. The molecule has 0 spiro atoms. The van der Waals surface area contributed by atoms with Gasteiger partial charge in [-0.1, -0.05) is 0 Å². The van der Waals surface area contributed by atoms with E-state index < -0.39 is 23.3 Å². The highest BCUT2D eigenvalue weighted by molar-refractivity contribution is 5.98. The van der Waals surface area contributed by atoms with E-state index in [2.05, 4.69) is 9.97 Å². The van der Waals surface area contributed by atoms with Gasteiger partial charge in [-0.05, 0) is 43.2 Å². The molecule has 1 fully saturated rings. The Labute approximate surface area is 165 Å². The average molecular weight is 396 g/mol. The van der Waals surface area contributed by atoms with Crippen LogP contribution in [0.1, 0.15) is 33.6 Å². The van der Waals surface area contributed by atoms with Gasteiger partial charge in [0, 0.05) is 37.6 Å². The van der Waals surface area contributed by atoms with Crippen molar-refractivity contribution in [3.63, 3.8) is 0 Å². The number of halogens is 2. The maximum Gasteiger partial charge on any atom is 0.255 e. The van der Waals surface area contributed by atoms with E-state index in [0.29, 0.717) is 37.3 Å². The number of piperidine rings is 1. The zero-order valence-electron chi connectivity index (χ0n) is 15.5. The summed E-state index contributed by atoms with van der Waals surface area (Å²) in [5.41, 5.74) is 0.226. The number of imidazole rings is 1. The van der Waals surface area contributed by atoms with Crippen molar-refractivity contribution in [2.75, 3.05) is 13.1 Å². The number of hydrogen-bond acceptors (Lipinski definition) is 4. The molecule has 0 atom stereocenters. The molecule has 3 heterocycles. The van der Waals surface area contributed by atoms with Gasteiger partial charge in [0.1, 0.15) is 23.8 Å². The zero-order chi connectivity index (χ0) is 20.4. The van der Waals surface area contributed by atoms with Crippen LogP contribution in [0, 0.1) is 17.6 Å². The monoisotopic (exact) mass is 396 g/mol. The van der Waals surface area contributed by atoms with Gasteiger partial charge in [-0.25, -0.2) is 18.7 Å². The van der Waals surface area contributed by atoms with Crippen LogP contribution < -0.4 is 0 Å². The van der Waals surface area contributed by atoms with Crippen molar-refractivity contribution >= 4 is 11.7 Å². The number of hydrogen-bond donors (Lipinski definition) is 0. The minimum atomic E-state index is -0.723. The van der Waals surface area contributed by atoms with Crippen LogP contribution in [0.25, 0.3) is 5.82 Å². The molecule has 0 aliphatic carbocycles. The topological polar surface area (TPSA) is 68.1 Å². The van der Waals surface area contributed by atoms with Gasteiger partial charge in [-0.2, -0.15) is 0 Å². The Hall–Kier alpha value is -3.42. The Morgan fingerprint density at radius 3 is 2.52 bits per heavy atom. The largest absolute Gasteiger partial charge is 0.339 e. The maximum atomic E-state index is 13.9. The minimum Gasteiger partial charge on any atom is -0.339 e. The Morgan fingerprint density at radius 2 is 1.86 bits per heavy atom. The van der Waals surface area contributed by atoms with Gasteiger partial charge in [0.15, 0.2) is 5.78 Å². The molecule has 3 aromatic rings. The van der Waals surface area contributed by atoms with E-state index >= 15 is 0 Å². The van der Waals surface area contributed by atoms with Crippen LogP contribution >= 0.6 is 0 Å². The fourth-order valence-corrected chi connectivity index (χ4v) is 3.49. The molecule has 0 radical (unpaired) electrons. The summed E-state index contributed by atoms with van der Waals surface area (Å²) in [7, 11) is 0. The lowest BCUT2D eigenvalue weighted by molar-refractivity contribution is 0.0648. The lowest BCUT2D eigenvalue weighted by atomic mass is 9.88. The van der Waals surface area contributed by atoms with Crippen LogP contribution in [-0.4, -0.2) is 44.2 Å². The molecule has 6 nitrogen and oxygen atoms in total. The number of benzene rings is 1. The van der Waals surface area contributed by atoms with Crippen LogP contribution in [0.3, 0.4) is 0 Å². The highest BCUT2D eigenvalue weighted by Gasteiger charge is 2.30. The SMILES string of the molecule is O=C(c1cc(F)ccc1F)C1CCN(C(=O)c2ccc(-n3ccnc3)nc2)CC1. The Kier molecular flexibility index (Phi) is 5.16. The molecule has 0 saturated carbocycles. The molecule has 1 aliphatic heterocycles. The number of rotatable bonds is 4. The van der Waals surface area contributed by atoms with Crippen LogP contribution in [-0.2, 0) is 0 Å². The van der Waals surface area contributed by atoms with Gasteiger partial charge >= 0.3 is 0 Å². The van der Waals surface area contributed by atoms with Crippen molar-refractivity contribution in [2.45, 2.75) is 12.8 Å². The minimum absolute atomic E-state index is 0.169. The van der Waals surface area contributed by atoms with E-state index in [-0.39, 0.29) is 11.5 Å². The quantitative estimate of drug-likeness (QED) is 0.635. The summed E-state index contributed by atoms with van der Waals surface area (Å²) in [6.45, 7) is 0.741. The number of carbonyl (C=O) groups is 2. The number of carbonyl (C=O) groups excluding carboxylic acids is 2. The average Bonchev–Trinajstić information content (AvgIpc) is 3.30. The number of amides is 1. The summed E-state index contributed by atoms with van der Waals surface area (Å²) in [6.07, 6.45) is 7.33. The first-order valence-corrected chi connectivity index (χ1v) is 9.26. The number of nitrogens with zero attached hydrogens (tertiary/aromatic N) is 4. The van der Waals surface area contributed by atoms with Crippen molar-refractivity contribution < 1.29 is 18.4 Å². The molecule has 0 unspecified atom stereocenters. The summed E-state index contributed by atoms with van der Waals surface area (Å²) in [4.78, 5) is 35.2. The molecule has 8 heteroatoms. The molecule has 4 rings (SSSR count). The first kappa shape index (κ1) is 18.9.